The third kappa shape index (κ3) is 2.07. The number of ketones is 1. The fraction of sp³-hybridized carbons (Fsp3) is 0.250. The van der Waals surface area contributed by atoms with E-state index in [4.69, 9.17) is 4.74 Å². The predicted molar refractivity (Wildman–Crippen MR) is 95.9 cm³/mol. The minimum absolute atomic E-state index is 0.0102. The zero-order valence-corrected chi connectivity index (χ0v) is 14.1. The Hall–Kier alpha value is -3.17. The summed E-state index contributed by atoms with van der Waals surface area (Å²) >= 11 is 0. The van der Waals surface area contributed by atoms with Crippen molar-refractivity contribution in [2.45, 2.75) is 6.42 Å². The van der Waals surface area contributed by atoms with Crippen molar-refractivity contribution in [3.63, 3.8) is 0 Å². The summed E-state index contributed by atoms with van der Waals surface area (Å²) in [5, 5.41) is 12.4. The molecule has 1 aromatic carbocycles. The summed E-state index contributed by atoms with van der Waals surface area (Å²) in [6.45, 7) is 2.82. The van der Waals surface area contributed by atoms with E-state index in [9.17, 15) is 10.1 Å². The maximum atomic E-state index is 13.2. The molecule has 1 saturated heterocycles. The van der Waals surface area contributed by atoms with Crippen molar-refractivity contribution in [1.29, 1.82) is 5.26 Å². The number of benzene rings is 1. The Bertz CT molecular complexity index is 1090. The summed E-state index contributed by atoms with van der Waals surface area (Å²) in [4.78, 5) is 17.3. The van der Waals surface area contributed by atoms with E-state index in [1.54, 1.807) is 18.5 Å². The number of nitriles is 1. The van der Waals surface area contributed by atoms with Crippen LogP contribution >= 0.6 is 0 Å². The van der Waals surface area contributed by atoms with Crippen LogP contribution in [0.2, 0.25) is 0 Å². The highest BCUT2D eigenvalue weighted by molar-refractivity contribution is 6.19. The Morgan fingerprint density at radius 1 is 1.19 bits per heavy atom. The second-order valence-electron chi connectivity index (χ2n) is 6.58. The van der Waals surface area contributed by atoms with Crippen LogP contribution in [0, 0.1) is 11.3 Å². The Morgan fingerprint density at radius 2 is 2.04 bits per heavy atom. The molecule has 0 N–H and O–H groups in total. The summed E-state index contributed by atoms with van der Waals surface area (Å²) in [6.07, 6.45) is 4.06. The summed E-state index contributed by atoms with van der Waals surface area (Å²) in [7, 11) is 0. The highest BCUT2D eigenvalue weighted by atomic mass is 16.5. The van der Waals surface area contributed by atoms with E-state index in [1.807, 2.05) is 18.2 Å². The first-order valence-electron chi connectivity index (χ1n) is 8.66. The van der Waals surface area contributed by atoms with Gasteiger partial charge in [0.25, 0.3) is 0 Å². The van der Waals surface area contributed by atoms with E-state index in [1.165, 1.54) is 0 Å². The number of nitrogens with zero attached hydrogens (tertiary/aromatic N) is 4. The molecule has 0 spiro atoms. The van der Waals surface area contributed by atoms with Crippen LogP contribution < -0.4 is 5.01 Å². The molecular weight excluding hydrogens is 328 g/mol. The Labute approximate surface area is 150 Å². The minimum atomic E-state index is 0.0102. The van der Waals surface area contributed by atoms with E-state index in [0.717, 1.165) is 40.8 Å². The molecular formula is C20H16N4O2. The monoisotopic (exact) mass is 344 g/mol. The molecule has 0 bridgehead atoms. The van der Waals surface area contributed by atoms with Gasteiger partial charge in [-0.25, -0.2) is 0 Å². The quantitative estimate of drug-likeness (QED) is 0.528. The smallest absolute Gasteiger partial charge is 0.197 e. The van der Waals surface area contributed by atoms with Gasteiger partial charge in [0.1, 0.15) is 0 Å². The third-order valence-corrected chi connectivity index (χ3v) is 5.18. The maximum Gasteiger partial charge on any atom is 0.197 e. The number of carbonyl (C=O) groups is 1. The molecule has 5 rings (SSSR count). The molecule has 1 aliphatic carbocycles. The maximum absolute atomic E-state index is 13.2. The van der Waals surface area contributed by atoms with Gasteiger partial charge >= 0.3 is 0 Å². The summed E-state index contributed by atoms with van der Waals surface area (Å²) < 4.78 is 7.63. The highest BCUT2D eigenvalue weighted by Gasteiger charge is 2.32. The summed E-state index contributed by atoms with van der Waals surface area (Å²) in [5.41, 5.74) is 4.89. The van der Waals surface area contributed by atoms with Crippen molar-refractivity contribution >= 4 is 16.7 Å². The minimum Gasteiger partial charge on any atom is -0.378 e. The van der Waals surface area contributed by atoms with Gasteiger partial charge in [-0.1, -0.05) is 6.07 Å². The molecule has 128 valence electrons. The van der Waals surface area contributed by atoms with Crippen molar-refractivity contribution in [3.8, 4) is 6.07 Å². The Balaban J connectivity index is 1.81. The SMILES string of the molecule is N#Cc1ccc2c3c(n(N4CCOCC4)c2c1)Cc1ccncc1C3=O. The molecule has 3 aromatic rings. The first kappa shape index (κ1) is 15.1. The molecule has 1 aliphatic heterocycles. The lowest BCUT2D eigenvalue weighted by molar-refractivity contribution is 0.103. The van der Waals surface area contributed by atoms with E-state index in [-0.39, 0.29) is 5.78 Å². The normalized spacial score (nSPS) is 16.3. The van der Waals surface area contributed by atoms with Crippen LogP contribution in [0.5, 0.6) is 0 Å². The van der Waals surface area contributed by atoms with Gasteiger partial charge in [0.2, 0.25) is 0 Å². The van der Waals surface area contributed by atoms with Gasteiger partial charge in [-0.15, -0.1) is 0 Å². The van der Waals surface area contributed by atoms with Gasteiger partial charge in [-0.3, -0.25) is 14.5 Å². The molecule has 0 atom stereocenters. The molecule has 0 saturated carbocycles. The molecule has 0 radical (unpaired) electrons. The topological polar surface area (TPSA) is 71.2 Å². The van der Waals surface area contributed by atoms with Crippen molar-refractivity contribution in [2.75, 3.05) is 31.3 Å². The molecule has 1 fully saturated rings. The lowest BCUT2D eigenvalue weighted by atomic mass is 9.89. The van der Waals surface area contributed by atoms with Crippen LogP contribution in [-0.2, 0) is 11.2 Å². The lowest BCUT2D eigenvalue weighted by Gasteiger charge is -2.33. The molecule has 2 aromatic heterocycles. The fourth-order valence-electron chi connectivity index (χ4n) is 3.98. The van der Waals surface area contributed by atoms with Crippen LogP contribution in [0.4, 0.5) is 0 Å². The number of ether oxygens (including phenoxy) is 1. The van der Waals surface area contributed by atoms with Crippen LogP contribution in [0.1, 0.15) is 32.7 Å². The van der Waals surface area contributed by atoms with Gasteiger partial charge in [-0.2, -0.15) is 5.26 Å². The number of pyridine rings is 1. The Morgan fingerprint density at radius 3 is 2.85 bits per heavy atom. The van der Waals surface area contributed by atoms with Gasteiger partial charge in [0.15, 0.2) is 5.78 Å². The highest BCUT2D eigenvalue weighted by Crippen LogP contribution is 2.35. The molecule has 6 heteroatoms. The lowest BCUT2D eigenvalue weighted by Crippen LogP contribution is -2.45. The van der Waals surface area contributed by atoms with Crippen molar-refractivity contribution in [2.24, 2.45) is 0 Å². The zero-order chi connectivity index (χ0) is 17.7. The second-order valence-corrected chi connectivity index (χ2v) is 6.58. The fourth-order valence-corrected chi connectivity index (χ4v) is 3.98. The molecule has 2 aliphatic rings. The van der Waals surface area contributed by atoms with Gasteiger partial charge in [0.05, 0.1) is 54.7 Å². The number of morpholine rings is 1. The summed E-state index contributed by atoms with van der Waals surface area (Å²) in [6, 6.07) is 9.66. The van der Waals surface area contributed by atoms with E-state index in [0.29, 0.717) is 30.8 Å². The first-order chi connectivity index (χ1) is 12.8. The van der Waals surface area contributed by atoms with Gasteiger partial charge < -0.3 is 9.75 Å². The zero-order valence-electron chi connectivity index (χ0n) is 14.1. The second kappa shape index (κ2) is 5.68. The largest absolute Gasteiger partial charge is 0.378 e. The van der Waals surface area contributed by atoms with Gasteiger partial charge in [-0.05, 0) is 23.8 Å². The average Bonchev–Trinajstić information content (AvgIpc) is 3.02. The van der Waals surface area contributed by atoms with E-state index < -0.39 is 0 Å². The average molecular weight is 344 g/mol. The standard InChI is InChI=1S/C20H16N4O2/c21-11-13-1-2-15-17(9-13)24(23-5-7-26-8-6-23)18-10-14-3-4-22-12-16(14)20(25)19(15)18/h1-4,9,12H,5-8,10H2. The number of hydrogen-bond donors (Lipinski definition) is 0. The Kier molecular flexibility index (Phi) is 3.30. The van der Waals surface area contributed by atoms with Crippen LogP contribution in [0.3, 0.4) is 0 Å². The first-order valence-corrected chi connectivity index (χ1v) is 8.66. The summed E-state index contributed by atoms with van der Waals surface area (Å²) in [5.74, 6) is 0.0102. The number of fused-ring (bicyclic) bond motifs is 4. The van der Waals surface area contributed by atoms with Crippen molar-refractivity contribution in [1.82, 2.24) is 9.66 Å². The molecule has 6 nitrogen and oxygen atoms in total. The molecule has 26 heavy (non-hydrogen) atoms. The third-order valence-electron chi connectivity index (χ3n) is 5.18. The van der Waals surface area contributed by atoms with Crippen molar-refractivity contribution < 1.29 is 9.53 Å². The van der Waals surface area contributed by atoms with Crippen LogP contribution in [0.25, 0.3) is 10.9 Å². The van der Waals surface area contributed by atoms with Crippen LogP contribution in [-0.4, -0.2) is 41.7 Å². The van der Waals surface area contributed by atoms with Gasteiger partial charge in [0, 0.05) is 29.8 Å². The number of hydrogen-bond acceptors (Lipinski definition) is 5. The molecule has 3 heterocycles. The van der Waals surface area contributed by atoms with E-state index >= 15 is 0 Å². The van der Waals surface area contributed by atoms with Crippen LogP contribution in [0.15, 0.2) is 36.7 Å². The number of aromatic nitrogens is 2. The predicted octanol–water partition coefficient (Wildman–Crippen LogP) is 2.01. The number of rotatable bonds is 1. The molecule has 0 unspecified atom stereocenters. The number of carbonyl (C=O) groups excluding carboxylic acids is 1. The van der Waals surface area contributed by atoms with Crippen molar-refractivity contribution in [3.05, 3.63) is 64.6 Å². The molecule has 0 amide bonds. The van der Waals surface area contributed by atoms with E-state index in [2.05, 4.69) is 20.7 Å².